The fourth-order valence-corrected chi connectivity index (χ4v) is 1.93. The van der Waals surface area contributed by atoms with Crippen molar-refractivity contribution < 1.29 is 4.79 Å². The molecule has 25 heavy (non-hydrogen) atoms. The Kier molecular flexibility index (Phi) is 4.73. The van der Waals surface area contributed by atoms with Crippen LogP contribution in [0, 0.1) is 11.3 Å². The van der Waals surface area contributed by atoms with Crippen LogP contribution in [0.5, 0.6) is 0 Å². The highest BCUT2D eigenvalue weighted by molar-refractivity contribution is 6.04. The summed E-state index contributed by atoms with van der Waals surface area (Å²) in [7, 11) is 0. The van der Waals surface area contributed by atoms with Gasteiger partial charge in [0.2, 0.25) is 5.82 Å². The van der Waals surface area contributed by atoms with Gasteiger partial charge in [-0.1, -0.05) is 0 Å². The Morgan fingerprint density at radius 2 is 2.00 bits per heavy atom. The molecule has 0 atom stereocenters. The lowest BCUT2D eigenvalue weighted by Gasteiger charge is -2.06. The molecule has 1 aromatic carbocycles. The number of H-pyrrole nitrogens is 1. The summed E-state index contributed by atoms with van der Waals surface area (Å²) in [5, 5.41) is 28.0. The smallest absolute Gasteiger partial charge is 0.257 e. The number of pyridine rings is 1. The van der Waals surface area contributed by atoms with Gasteiger partial charge in [0.1, 0.15) is 11.6 Å². The maximum absolute atomic E-state index is 12.0. The van der Waals surface area contributed by atoms with Crippen molar-refractivity contribution in [3.8, 4) is 6.07 Å². The number of nitrogens with one attached hydrogen (secondary N) is 3. The molecule has 0 aliphatic carbocycles. The number of hydrogen-bond donors (Lipinski definition) is 3. The quantitative estimate of drug-likeness (QED) is 0.607. The van der Waals surface area contributed by atoms with Gasteiger partial charge in [-0.15, -0.1) is 10.2 Å². The van der Waals surface area contributed by atoms with Crippen LogP contribution in [-0.2, 0) is 0 Å². The van der Waals surface area contributed by atoms with Gasteiger partial charge in [-0.05, 0) is 41.6 Å². The molecule has 0 radical (unpaired) electrons. The summed E-state index contributed by atoms with van der Waals surface area (Å²) < 4.78 is 0. The number of carbonyl (C=O) groups excluding carboxylic acids is 1. The van der Waals surface area contributed by atoms with Crippen LogP contribution in [0.2, 0.25) is 0 Å². The first kappa shape index (κ1) is 15.8. The van der Waals surface area contributed by atoms with Gasteiger partial charge in [0.15, 0.2) is 0 Å². The molecule has 0 unspecified atom stereocenters. The van der Waals surface area contributed by atoms with Crippen molar-refractivity contribution in [3.05, 3.63) is 66.4 Å². The van der Waals surface area contributed by atoms with E-state index >= 15 is 0 Å². The predicted octanol–water partition coefficient (Wildman–Crippen LogP) is 1.82. The molecule has 0 saturated carbocycles. The Labute approximate surface area is 142 Å². The first-order chi connectivity index (χ1) is 12.3. The van der Waals surface area contributed by atoms with E-state index in [0.717, 1.165) is 5.69 Å². The van der Waals surface area contributed by atoms with Gasteiger partial charge in [0.05, 0.1) is 5.56 Å². The summed E-state index contributed by atoms with van der Waals surface area (Å²) in [6.45, 7) is 0. The average molecular weight is 332 g/mol. The molecule has 9 heteroatoms. The van der Waals surface area contributed by atoms with Gasteiger partial charge in [-0.3, -0.25) is 9.78 Å². The summed E-state index contributed by atoms with van der Waals surface area (Å²) >= 11 is 0. The number of rotatable bonds is 5. The second-order valence-electron chi connectivity index (χ2n) is 4.82. The Bertz CT molecular complexity index is 911. The highest BCUT2D eigenvalue weighted by atomic mass is 16.1. The van der Waals surface area contributed by atoms with Gasteiger partial charge in [0, 0.05) is 30.0 Å². The summed E-state index contributed by atoms with van der Waals surface area (Å²) in [6, 6.07) is 12.4. The minimum absolute atomic E-state index is 0.204. The molecule has 0 saturated heterocycles. The van der Waals surface area contributed by atoms with Crippen molar-refractivity contribution in [1.29, 1.82) is 5.26 Å². The van der Waals surface area contributed by atoms with Crippen LogP contribution in [0.15, 0.2) is 55.0 Å². The molecule has 0 fully saturated rings. The van der Waals surface area contributed by atoms with Crippen molar-refractivity contribution in [2.24, 2.45) is 0 Å². The molecule has 3 aromatic rings. The Morgan fingerprint density at radius 3 is 2.64 bits per heavy atom. The number of allylic oxidation sites excluding steroid dienone is 1. The molecular weight excluding hydrogens is 320 g/mol. The Balaban J connectivity index is 1.64. The third-order valence-electron chi connectivity index (χ3n) is 3.16. The van der Waals surface area contributed by atoms with E-state index < -0.39 is 0 Å². The fraction of sp³-hybridized carbons (Fsp3) is 0. The summed E-state index contributed by atoms with van der Waals surface area (Å²) in [4.78, 5) is 16.0. The monoisotopic (exact) mass is 332 g/mol. The summed E-state index contributed by atoms with van der Waals surface area (Å²) in [6.07, 6.45) is 4.58. The van der Waals surface area contributed by atoms with E-state index in [1.807, 2.05) is 6.07 Å². The number of nitrogens with zero attached hydrogens (tertiary/aromatic N) is 5. The lowest BCUT2D eigenvalue weighted by atomic mass is 10.2. The van der Waals surface area contributed by atoms with Crippen LogP contribution < -0.4 is 10.6 Å². The van der Waals surface area contributed by atoms with Crippen LogP contribution in [0.4, 0.5) is 11.4 Å². The predicted molar refractivity (Wildman–Crippen MR) is 90.0 cm³/mol. The molecule has 9 nitrogen and oxygen atoms in total. The maximum Gasteiger partial charge on any atom is 0.257 e. The number of aromatic amines is 1. The van der Waals surface area contributed by atoms with Crippen LogP contribution in [0.3, 0.4) is 0 Å². The van der Waals surface area contributed by atoms with E-state index in [1.54, 1.807) is 42.6 Å². The SMILES string of the molecule is N#CC(=CNc1ccc(NC(=O)c2cccnc2)cc1)c1nn[nH]n1. The summed E-state index contributed by atoms with van der Waals surface area (Å²) in [5.41, 5.74) is 2.09. The van der Waals surface area contributed by atoms with Crippen molar-refractivity contribution in [2.45, 2.75) is 0 Å². The maximum atomic E-state index is 12.0. The molecule has 3 N–H and O–H groups in total. The van der Waals surface area contributed by atoms with Crippen molar-refractivity contribution in [1.82, 2.24) is 25.6 Å². The standard InChI is InChI=1S/C16H12N8O/c17-8-12(15-21-23-24-22-15)10-19-13-3-5-14(6-4-13)20-16(25)11-2-1-7-18-9-11/h1-7,9-10,19H,(H,20,25)(H,21,22,23,24). The Morgan fingerprint density at radius 1 is 1.20 bits per heavy atom. The highest BCUT2D eigenvalue weighted by Crippen LogP contribution is 2.16. The van der Waals surface area contributed by atoms with E-state index in [1.165, 1.54) is 12.4 Å². The minimum atomic E-state index is -0.238. The van der Waals surface area contributed by atoms with E-state index in [9.17, 15) is 4.79 Å². The molecule has 2 aromatic heterocycles. The number of anilines is 2. The topological polar surface area (TPSA) is 132 Å². The van der Waals surface area contributed by atoms with Crippen molar-refractivity contribution in [3.63, 3.8) is 0 Å². The number of hydrogen-bond acceptors (Lipinski definition) is 7. The normalized spacial score (nSPS) is 10.8. The molecular formula is C16H12N8O. The van der Waals surface area contributed by atoms with Crippen LogP contribution in [0.25, 0.3) is 5.57 Å². The zero-order valence-corrected chi connectivity index (χ0v) is 12.8. The number of tetrazole rings is 1. The molecule has 0 aliphatic heterocycles. The largest absolute Gasteiger partial charge is 0.360 e. The van der Waals surface area contributed by atoms with Gasteiger partial charge >= 0.3 is 0 Å². The number of amides is 1. The lowest BCUT2D eigenvalue weighted by Crippen LogP contribution is -2.11. The molecule has 0 spiro atoms. The second kappa shape index (κ2) is 7.47. The van der Waals surface area contributed by atoms with E-state index in [2.05, 4.69) is 36.2 Å². The first-order valence-electron chi connectivity index (χ1n) is 7.18. The molecule has 1 amide bonds. The van der Waals surface area contributed by atoms with Gasteiger partial charge in [-0.25, -0.2) is 0 Å². The molecule has 2 heterocycles. The third kappa shape index (κ3) is 4.02. The van der Waals surface area contributed by atoms with Gasteiger partial charge < -0.3 is 10.6 Å². The van der Waals surface area contributed by atoms with E-state index in [0.29, 0.717) is 11.3 Å². The minimum Gasteiger partial charge on any atom is -0.360 e. The number of aromatic nitrogens is 5. The zero-order chi connectivity index (χ0) is 17.5. The number of nitriles is 1. The van der Waals surface area contributed by atoms with E-state index in [4.69, 9.17) is 5.26 Å². The fourth-order valence-electron chi connectivity index (χ4n) is 1.93. The van der Waals surface area contributed by atoms with Gasteiger partial charge in [-0.2, -0.15) is 10.5 Å². The summed E-state index contributed by atoms with van der Waals surface area (Å²) in [5.74, 6) is -0.0343. The second-order valence-corrected chi connectivity index (χ2v) is 4.82. The van der Waals surface area contributed by atoms with Crippen LogP contribution in [0.1, 0.15) is 16.2 Å². The number of benzene rings is 1. The molecule has 0 aliphatic rings. The van der Waals surface area contributed by atoms with Gasteiger partial charge in [0.25, 0.3) is 5.91 Å². The van der Waals surface area contributed by atoms with Crippen molar-refractivity contribution in [2.75, 3.05) is 10.6 Å². The molecule has 3 rings (SSSR count). The molecule has 122 valence electrons. The lowest BCUT2D eigenvalue weighted by molar-refractivity contribution is 0.102. The van der Waals surface area contributed by atoms with Crippen LogP contribution in [-0.4, -0.2) is 31.5 Å². The molecule has 0 bridgehead atoms. The van der Waals surface area contributed by atoms with E-state index in [-0.39, 0.29) is 17.3 Å². The zero-order valence-electron chi connectivity index (χ0n) is 12.8. The number of carbonyl (C=O) groups is 1. The first-order valence-corrected chi connectivity index (χ1v) is 7.18. The van der Waals surface area contributed by atoms with Crippen LogP contribution >= 0.6 is 0 Å². The Hall–Kier alpha value is -4.06. The highest BCUT2D eigenvalue weighted by Gasteiger charge is 2.06. The van der Waals surface area contributed by atoms with Crippen molar-refractivity contribution >= 4 is 22.9 Å². The third-order valence-corrected chi connectivity index (χ3v) is 3.16. The average Bonchev–Trinajstić information content (AvgIpc) is 3.19.